The summed E-state index contributed by atoms with van der Waals surface area (Å²) >= 11 is 0. The summed E-state index contributed by atoms with van der Waals surface area (Å²) in [6.45, 7) is 23.1. The molecule has 2 unspecified atom stereocenters. The van der Waals surface area contributed by atoms with E-state index in [4.69, 9.17) is 9.72 Å². The Morgan fingerprint density at radius 2 is 1.90 bits per heavy atom. The summed E-state index contributed by atoms with van der Waals surface area (Å²) in [5, 5.41) is 5.47. The van der Waals surface area contributed by atoms with Gasteiger partial charge >= 0.3 is 0 Å². The maximum absolute atomic E-state index is 13.9. The zero-order valence-electron chi connectivity index (χ0n) is 32.6. The molecule has 0 spiro atoms. The van der Waals surface area contributed by atoms with Crippen LogP contribution in [0.1, 0.15) is 101 Å². The van der Waals surface area contributed by atoms with E-state index in [2.05, 4.69) is 116 Å². The number of amides is 1. The van der Waals surface area contributed by atoms with Gasteiger partial charge in [-0.15, -0.1) is 0 Å². The summed E-state index contributed by atoms with van der Waals surface area (Å²) in [5.74, 6) is 3.57. The van der Waals surface area contributed by atoms with Gasteiger partial charge in [0.05, 0.1) is 35.5 Å². The molecule has 2 aliphatic heterocycles. The van der Waals surface area contributed by atoms with E-state index in [-0.39, 0.29) is 32.8 Å². The second-order valence-corrected chi connectivity index (χ2v) is 15.1. The Hall–Kier alpha value is -4.63. The number of nitrogens with zero attached hydrogens (tertiary/aromatic N) is 4. The van der Waals surface area contributed by atoms with Crippen molar-refractivity contribution in [3.8, 4) is 28.1 Å². The molecule has 280 valence electrons. The average molecular weight is 708 g/mol. The van der Waals surface area contributed by atoms with Gasteiger partial charge in [-0.1, -0.05) is 72.7 Å². The lowest BCUT2D eigenvalue weighted by Crippen LogP contribution is -2.50. The van der Waals surface area contributed by atoms with Crippen LogP contribution in [0.25, 0.3) is 44.2 Å². The lowest BCUT2D eigenvalue weighted by Gasteiger charge is -2.33. The fourth-order valence-corrected chi connectivity index (χ4v) is 7.77. The van der Waals surface area contributed by atoms with Crippen LogP contribution in [0.4, 0.5) is 0 Å². The van der Waals surface area contributed by atoms with Crippen molar-refractivity contribution >= 4 is 27.7 Å². The molecule has 4 heterocycles. The van der Waals surface area contributed by atoms with Crippen molar-refractivity contribution in [1.82, 2.24) is 35.1 Å². The number of carbonyl (C=O) groups excluding carboxylic acids is 1. The second kappa shape index (κ2) is 15.5. The maximum atomic E-state index is 13.9. The first-order valence-corrected chi connectivity index (χ1v) is 19.2. The van der Waals surface area contributed by atoms with Crippen LogP contribution >= 0.6 is 0 Å². The maximum Gasteiger partial charge on any atom is 0.246 e. The number of aromatic nitrogens is 4. The monoisotopic (exact) mass is 707 g/mol. The number of carbonyl (C=O) groups is 1. The lowest BCUT2D eigenvalue weighted by atomic mass is 9.92. The van der Waals surface area contributed by atoms with Crippen LogP contribution in [0.5, 0.6) is 5.75 Å². The third-order valence-corrected chi connectivity index (χ3v) is 10.6. The summed E-state index contributed by atoms with van der Waals surface area (Å²) in [5.41, 5.74) is 8.22. The Morgan fingerprint density at radius 3 is 2.63 bits per heavy atom. The molecule has 0 saturated carbocycles. The molecular formula is C43H61N7O2. The highest BCUT2D eigenvalue weighted by Crippen LogP contribution is 2.43. The van der Waals surface area contributed by atoms with Gasteiger partial charge in [0.2, 0.25) is 5.91 Å². The van der Waals surface area contributed by atoms with Gasteiger partial charge in [0.1, 0.15) is 30.0 Å². The van der Waals surface area contributed by atoms with Gasteiger partial charge in [0.15, 0.2) is 0 Å². The topological polar surface area (TPSA) is 102 Å². The number of likely N-dealkylation sites (tertiary alicyclic amines) is 1. The number of fused-ring (bicyclic) bond motifs is 6. The van der Waals surface area contributed by atoms with Gasteiger partial charge in [-0.25, -0.2) is 9.97 Å². The van der Waals surface area contributed by atoms with Crippen LogP contribution < -0.4 is 10.1 Å². The third-order valence-electron chi connectivity index (χ3n) is 10.6. The van der Waals surface area contributed by atoms with Crippen LogP contribution in [-0.2, 0) is 17.9 Å². The summed E-state index contributed by atoms with van der Waals surface area (Å²) in [6, 6.07) is 14.9. The van der Waals surface area contributed by atoms with E-state index in [0.29, 0.717) is 12.5 Å². The Kier molecular flexibility index (Phi) is 11.1. The summed E-state index contributed by atoms with van der Waals surface area (Å²) in [6.07, 6.45) is 4.92. The predicted molar refractivity (Wildman–Crippen MR) is 217 cm³/mol. The molecule has 4 atom stereocenters. The minimum Gasteiger partial charge on any atom is -0.488 e. The highest BCUT2D eigenvalue weighted by molar-refractivity contribution is 6.07. The Labute approximate surface area is 312 Å². The third kappa shape index (κ3) is 7.33. The molecule has 1 fully saturated rings. The van der Waals surface area contributed by atoms with Crippen molar-refractivity contribution in [3.05, 3.63) is 78.1 Å². The quantitative estimate of drug-likeness (QED) is 0.126. The predicted octanol–water partition coefficient (Wildman–Crippen LogP) is 9.86. The molecule has 1 amide bonds. The number of allylic oxidation sites excluding steroid dienone is 1. The molecule has 52 heavy (non-hydrogen) atoms. The standard InChI is InChI=1S/C41H51N7O2.C2H6.2H2/c1-9-25(6)20-47(8)21-37-42-19-34(44-37)28-11-13-30-29(16-28)22-50-36-18-31-27(17-32(30)36)12-14-33-39(31)46-40(45-33)35-15-10-26(7)48(35)41(49)38(23(2)3)43-24(4)5;1-2;;/h11-14,16-19,23,25-26,35,38,43H,4,9-10,15,20-22H2,1-3,5-8H3,(H,42,44)(H,45,46);1-2H3;2*1H/t25?,26-,35-,38?;;;/m0.../s1. The van der Waals surface area contributed by atoms with Crippen LogP contribution in [0, 0.1) is 11.8 Å². The van der Waals surface area contributed by atoms with Gasteiger partial charge in [0, 0.05) is 32.1 Å². The number of imidazole rings is 2. The van der Waals surface area contributed by atoms with E-state index < -0.39 is 0 Å². The van der Waals surface area contributed by atoms with Crippen molar-refractivity contribution in [2.24, 2.45) is 11.8 Å². The highest BCUT2D eigenvalue weighted by atomic mass is 16.5. The number of rotatable bonds is 11. The zero-order valence-corrected chi connectivity index (χ0v) is 32.6. The normalized spacial score (nSPS) is 17.8. The van der Waals surface area contributed by atoms with Gasteiger partial charge in [-0.05, 0) is 91.9 Å². The van der Waals surface area contributed by atoms with Gasteiger partial charge < -0.3 is 24.9 Å². The second-order valence-electron chi connectivity index (χ2n) is 15.1. The molecule has 0 aliphatic carbocycles. The molecule has 3 N–H and O–H groups in total. The summed E-state index contributed by atoms with van der Waals surface area (Å²) in [7, 11) is 2.15. The van der Waals surface area contributed by atoms with E-state index in [9.17, 15) is 4.79 Å². The van der Waals surface area contributed by atoms with Gasteiger partial charge in [-0.2, -0.15) is 0 Å². The first-order chi connectivity index (χ1) is 25.0. The largest absolute Gasteiger partial charge is 0.488 e. The molecule has 1 saturated heterocycles. The molecule has 7 rings (SSSR count). The number of benzene rings is 3. The minimum atomic E-state index is -0.327. The minimum absolute atomic E-state index is 0. The fraction of sp³-hybridized carbons (Fsp3) is 0.465. The number of nitrogens with one attached hydrogen (secondary N) is 3. The van der Waals surface area contributed by atoms with Crippen molar-refractivity contribution in [3.63, 3.8) is 0 Å². The lowest BCUT2D eigenvalue weighted by molar-refractivity contribution is -0.137. The van der Waals surface area contributed by atoms with E-state index in [0.717, 1.165) is 93.2 Å². The Balaban J connectivity index is 0.00000160. The Bertz CT molecular complexity index is 2070. The SMILES string of the molecule is C=C(C)NC(C(=O)N1[C@@H](C)CC[C@H]1c1nc2c(ccc3cc4c(cc32)OCc2cc(-c3cnc(CN(C)CC(C)CC)[nH]3)ccc2-4)[nH]1)C(C)C.CC.[HH].[HH]. The van der Waals surface area contributed by atoms with E-state index in [1.807, 2.05) is 31.9 Å². The number of hydrogen-bond acceptors (Lipinski definition) is 6. The molecule has 0 radical (unpaired) electrons. The van der Waals surface area contributed by atoms with Crippen LogP contribution in [0.2, 0.25) is 0 Å². The smallest absolute Gasteiger partial charge is 0.246 e. The molecule has 2 aromatic heterocycles. The number of hydrogen-bond donors (Lipinski definition) is 3. The van der Waals surface area contributed by atoms with Crippen LogP contribution in [0.3, 0.4) is 0 Å². The molecule has 5 aromatic rings. The van der Waals surface area contributed by atoms with Gasteiger partial charge in [0.25, 0.3) is 0 Å². The van der Waals surface area contributed by atoms with Crippen molar-refractivity contribution in [2.75, 3.05) is 13.6 Å². The first-order valence-electron chi connectivity index (χ1n) is 19.2. The zero-order chi connectivity index (χ0) is 37.3. The van der Waals surface area contributed by atoms with E-state index in [1.54, 1.807) is 0 Å². The van der Waals surface area contributed by atoms with Crippen LogP contribution in [-0.4, -0.2) is 61.3 Å². The molecule has 9 heteroatoms. The molecule has 9 nitrogen and oxygen atoms in total. The number of aromatic amines is 2. The van der Waals surface area contributed by atoms with E-state index >= 15 is 0 Å². The van der Waals surface area contributed by atoms with Crippen molar-refractivity contribution in [1.29, 1.82) is 0 Å². The van der Waals surface area contributed by atoms with Crippen molar-refractivity contribution < 1.29 is 12.4 Å². The molecular weight excluding hydrogens is 647 g/mol. The molecule has 3 aromatic carbocycles. The molecule has 0 bridgehead atoms. The molecule has 2 aliphatic rings. The van der Waals surface area contributed by atoms with E-state index in [1.165, 1.54) is 12.0 Å². The van der Waals surface area contributed by atoms with Gasteiger partial charge in [-0.3, -0.25) is 9.69 Å². The highest BCUT2D eigenvalue weighted by Gasteiger charge is 2.40. The Morgan fingerprint density at radius 1 is 1.12 bits per heavy atom. The number of ether oxygens (including phenoxy) is 1. The fourth-order valence-electron chi connectivity index (χ4n) is 7.77. The average Bonchev–Trinajstić information content (AvgIpc) is 3.88. The summed E-state index contributed by atoms with van der Waals surface area (Å²) in [4.78, 5) is 35.3. The summed E-state index contributed by atoms with van der Waals surface area (Å²) < 4.78 is 6.42. The van der Waals surface area contributed by atoms with Crippen LogP contribution in [0.15, 0.2) is 60.9 Å². The first kappa shape index (κ1) is 37.1. The van der Waals surface area contributed by atoms with Crippen molar-refractivity contribution in [2.45, 2.75) is 106 Å². The number of H-pyrrole nitrogens is 2.